The lowest BCUT2D eigenvalue weighted by Gasteiger charge is -2.04. The number of amides is 1. The molecule has 0 radical (unpaired) electrons. The van der Waals surface area contributed by atoms with Crippen LogP contribution in [0.3, 0.4) is 0 Å². The molecule has 94 valence electrons. The summed E-state index contributed by atoms with van der Waals surface area (Å²) in [6.45, 7) is 2.21. The van der Waals surface area contributed by atoms with E-state index in [0.29, 0.717) is 6.54 Å². The Kier molecular flexibility index (Phi) is 3.47. The molecule has 0 bridgehead atoms. The molecule has 3 N–H and O–H groups in total. The van der Waals surface area contributed by atoms with E-state index in [4.69, 9.17) is 0 Å². The molecule has 0 unspecified atom stereocenters. The Morgan fingerprint density at radius 2 is 2.00 bits per heavy atom. The molecule has 2 aromatic rings. The van der Waals surface area contributed by atoms with Crippen molar-refractivity contribution in [2.45, 2.75) is 13.5 Å². The van der Waals surface area contributed by atoms with Gasteiger partial charge in [-0.25, -0.2) is 4.98 Å². The molecule has 5 nitrogen and oxygen atoms in total. The van der Waals surface area contributed by atoms with Crippen molar-refractivity contribution >= 4 is 17.2 Å². The lowest BCUT2D eigenvalue weighted by Crippen LogP contribution is -2.22. The van der Waals surface area contributed by atoms with Crippen molar-refractivity contribution in [3.63, 3.8) is 0 Å². The molecular weight excluding hydrogens is 252 g/mol. The van der Waals surface area contributed by atoms with Crippen LogP contribution in [-0.2, 0) is 6.54 Å². The van der Waals surface area contributed by atoms with Crippen molar-refractivity contribution in [1.82, 2.24) is 10.3 Å². The topological polar surface area (TPSA) is 82.5 Å². The zero-order chi connectivity index (χ0) is 13.1. The summed E-state index contributed by atoms with van der Waals surface area (Å²) >= 11 is 1.51. The molecule has 6 heteroatoms. The van der Waals surface area contributed by atoms with E-state index in [1.807, 2.05) is 12.3 Å². The maximum Gasteiger partial charge on any atom is 0.251 e. The number of aromatic hydroxyl groups is 2. The Morgan fingerprint density at radius 1 is 1.33 bits per heavy atom. The first-order valence-electron chi connectivity index (χ1n) is 5.27. The van der Waals surface area contributed by atoms with Gasteiger partial charge in [0, 0.05) is 17.0 Å². The minimum absolute atomic E-state index is 0.148. The molecule has 0 atom stereocenters. The second kappa shape index (κ2) is 5.05. The smallest absolute Gasteiger partial charge is 0.251 e. The minimum atomic E-state index is -0.369. The zero-order valence-electron chi connectivity index (χ0n) is 9.67. The lowest BCUT2D eigenvalue weighted by molar-refractivity contribution is 0.0949. The number of nitrogens with zero attached hydrogens (tertiary/aromatic N) is 1. The van der Waals surface area contributed by atoms with Crippen molar-refractivity contribution in [3.8, 4) is 11.5 Å². The van der Waals surface area contributed by atoms with Crippen LogP contribution in [0.2, 0.25) is 0 Å². The van der Waals surface area contributed by atoms with Gasteiger partial charge in [0.05, 0.1) is 17.2 Å². The van der Waals surface area contributed by atoms with Gasteiger partial charge in [0.15, 0.2) is 0 Å². The Morgan fingerprint density at radius 3 is 2.56 bits per heavy atom. The molecule has 1 aromatic heterocycles. The fourth-order valence-electron chi connectivity index (χ4n) is 1.49. The third-order valence-corrected chi connectivity index (χ3v) is 3.08. The highest BCUT2D eigenvalue weighted by molar-refractivity contribution is 7.09. The summed E-state index contributed by atoms with van der Waals surface area (Å²) < 4.78 is 0. The monoisotopic (exact) mass is 264 g/mol. The van der Waals surface area contributed by atoms with Gasteiger partial charge in [-0.2, -0.15) is 0 Å². The second-order valence-corrected chi connectivity index (χ2v) is 4.84. The summed E-state index contributed by atoms with van der Waals surface area (Å²) in [7, 11) is 0. The molecular formula is C12H12N2O3S. The number of rotatable bonds is 3. The highest BCUT2D eigenvalue weighted by atomic mass is 32.1. The molecule has 0 fully saturated rings. The van der Waals surface area contributed by atoms with Gasteiger partial charge in [0.1, 0.15) is 11.5 Å². The van der Waals surface area contributed by atoms with Gasteiger partial charge in [-0.05, 0) is 19.1 Å². The molecule has 0 aliphatic heterocycles. The highest BCUT2D eigenvalue weighted by Crippen LogP contribution is 2.20. The predicted octanol–water partition coefficient (Wildman–Crippen LogP) is 1.79. The summed E-state index contributed by atoms with van der Waals surface area (Å²) in [4.78, 5) is 16.0. The first-order valence-corrected chi connectivity index (χ1v) is 6.15. The van der Waals surface area contributed by atoms with Crippen LogP contribution in [0.5, 0.6) is 11.5 Å². The molecule has 0 saturated heterocycles. The van der Waals surface area contributed by atoms with Crippen LogP contribution in [-0.4, -0.2) is 21.1 Å². The van der Waals surface area contributed by atoms with E-state index in [2.05, 4.69) is 10.3 Å². The third-order valence-electron chi connectivity index (χ3n) is 2.26. The van der Waals surface area contributed by atoms with Crippen LogP contribution in [0.25, 0.3) is 0 Å². The molecule has 18 heavy (non-hydrogen) atoms. The quantitative estimate of drug-likeness (QED) is 0.789. The Hall–Kier alpha value is -2.08. The van der Waals surface area contributed by atoms with Crippen LogP contribution >= 0.6 is 11.3 Å². The van der Waals surface area contributed by atoms with E-state index in [0.717, 1.165) is 10.7 Å². The number of phenols is 2. The number of carbonyl (C=O) groups excluding carboxylic acids is 1. The normalized spacial score (nSPS) is 10.3. The largest absolute Gasteiger partial charge is 0.508 e. The van der Waals surface area contributed by atoms with Gasteiger partial charge in [0.2, 0.25) is 0 Å². The van der Waals surface area contributed by atoms with Gasteiger partial charge < -0.3 is 15.5 Å². The Bertz CT molecular complexity index is 560. The molecule has 1 aromatic carbocycles. The first-order chi connectivity index (χ1) is 8.54. The van der Waals surface area contributed by atoms with Crippen LogP contribution in [0.15, 0.2) is 23.6 Å². The number of carbonyl (C=O) groups is 1. The van der Waals surface area contributed by atoms with E-state index in [1.54, 1.807) is 0 Å². The number of benzene rings is 1. The van der Waals surface area contributed by atoms with Crippen LogP contribution in [0.4, 0.5) is 0 Å². The average molecular weight is 264 g/mol. The predicted molar refractivity (Wildman–Crippen MR) is 67.8 cm³/mol. The van der Waals surface area contributed by atoms with E-state index >= 15 is 0 Å². The second-order valence-electron chi connectivity index (χ2n) is 3.78. The fourth-order valence-corrected chi connectivity index (χ4v) is 2.10. The van der Waals surface area contributed by atoms with Gasteiger partial charge in [0.25, 0.3) is 5.91 Å². The number of hydrogen-bond donors (Lipinski definition) is 3. The van der Waals surface area contributed by atoms with Crippen molar-refractivity contribution in [2.24, 2.45) is 0 Å². The van der Waals surface area contributed by atoms with Crippen LogP contribution < -0.4 is 5.32 Å². The van der Waals surface area contributed by atoms with Gasteiger partial charge >= 0.3 is 0 Å². The van der Waals surface area contributed by atoms with Gasteiger partial charge in [-0.15, -0.1) is 11.3 Å². The van der Waals surface area contributed by atoms with Crippen LogP contribution in [0, 0.1) is 6.92 Å². The Labute approximate surface area is 108 Å². The highest BCUT2D eigenvalue weighted by Gasteiger charge is 2.09. The number of nitrogens with one attached hydrogen (secondary N) is 1. The number of aryl methyl sites for hydroxylation is 1. The van der Waals surface area contributed by atoms with Gasteiger partial charge in [-0.3, -0.25) is 4.79 Å². The molecule has 0 aliphatic carbocycles. The third kappa shape index (κ3) is 2.98. The average Bonchev–Trinajstić information content (AvgIpc) is 2.70. The van der Waals surface area contributed by atoms with E-state index in [9.17, 15) is 15.0 Å². The first kappa shape index (κ1) is 12.4. The maximum atomic E-state index is 11.8. The van der Waals surface area contributed by atoms with Crippen molar-refractivity contribution in [2.75, 3.05) is 0 Å². The molecule has 0 spiro atoms. The lowest BCUT2D eigenvalue weighted by atomic mass is 10.2. The Balaban J connectivity index is 2.03. The van der Waals surface area contributed by atoms with E-state index < -0.39 is 0 Å². The zero-order valence-corrected chi connectivity index (χ0v) is 10.5. The fraction of sp³-hybridized carbons (Fsp3) is 0.167. The number of hydrogen-bond acceptors (Lipinski definition) is 5. The van der Waals surface area contributed by atoms with E-state index in [1.165, 1.54) is 29.5 Å². The maximum absolute atomic E-state index is 11.8. The summed E-state index contributed by atoms with van der Waals surface area (Å²) in [6.07, 6.45) is 0. The summed E-state index contributed by atoms with van der Waals surface area (Å²) in [5, 5.41) is 24.0. The molecule has 1 amide bonds. The van der Waals surface area contributed by atoms with Crippen LogP contribution in [0.1, 0.15) is 21.1 Å². The molecule has 0 aliphatic rings. The van der Waals surface area contributed by atoms with E-state index in [-0.39, 0.29) is 23.0 Å². The van der Waals surface area contributed by atoms with Crippen molar-refractivity contribution in [3.05, 3.63) is 39.8 Å². The summed E-state index contributed by atoms with van der Waals surface area (Å²) in [6, 6.07) is 3.75. The number of phenolic OH excluding ortho intramolecular Hbond substituents is 2. The minimum Gasteiger partial charge on any atom is -0.508 e. The molecule has 0 saturated carbocycles. The van der Waals surface area contributed by atoms with Gasteiger partial charge in [-0.1, -0.05) is 0 Å². The number of aromatic nitrogens is 1. The summed E-state index contributed by atoms with van der Waals surface area (Å²) in [5.41, 5.74) is 0.995. The number of thiazole rings is 1. The SMILES string of the molecule is Cc1nc(CNC(=O)c2cc(O)cc(O)c2)cs1. The van der Waals surface area contributed by atoms with Crippen molar-refractivity contribution in [1.29, 1.82) is 0 Å². The standard InChI is InChI=1S/C12H12N2O3S/c1-7-14-9(6-18-7)5-13-12(17)8-2-10(15)4-11(16)3-8/h2-4,6,15-16H,5H2,1H3,(H,13,17). The molecule has 1 heterocycles. The molecule has 2 rings (SSSR count). The van der Waals surface area contributed by atoms with Crippen molar-refractivity contribution < 1.29 is 15.0 Å². The summed E-state index contributed by atoms with van der Waals surface area (Å²) in [5.74, 6) is -0.666.